The molecule has 0 atom stereocenters. The van der Waals surface area contributed by atoms with E-state index < -0.39 is 23.9 Å². The third kappa shape index (κ3) is 3.31. The molecule has 0 spiro atoms. The molecule has 2 rings (SSSR count). The van der Waals surface area contributed by atoms with Crippen LogP contribution in [0.5, 0.6) is 0 Å². The van der Waals surface area contributed by atoms with E-state index in [0.717, 1.165) is 16.7 Å². The van der Waals surface area contributed by atoms with Gasteiger partial charge in [-0.25, -0.2) is 0 Å². The summed E-state index contributed by atoms with van der Waals surface area (Å²) in [6, 6.07) is 3.40. The Kier molecular flexibility index (Phi) is 4.58. The van der Waals surface area contributed by atoms with Crippen molar-refractivity contribution in [3.63, 3.8) is 0 Å². The lowest BCUT2D eigenvalue weighted by Gasteiger charge is -2.13. The average Bonchev–Trinajstić information content (AvgIpc) is 2.39. The summed E-state index contributed by atoms with van der Waals surface area (Å²) in [7, 11) is 0. The maximum atomic E-state index is 12.8. The van der Waals surface area contributed by atoms with Gasteiger partial charge in [0.1, 0.15) is 5.56 Å². The van der Waals surface area contributed by atoms with Crippen molar-refractivity contribution < 1.29 is 18.3 Å². The first-order valence-corrected chi connectivity index (χ1v) is 6.64. The summed E-state index contributed by atoms with van der Waals surface area (Å²) in [5.41, 5.74) is -1.33. The lowest BCUT2D eigenvalue weighted by atomic mass is 10.1. The van der Waals surface area contributed by atoms with Gasteiger partial charge in [-0.2, -0.15) is 13.2 Å². The van der Waals surface area contributed by atoms with Crippen LogP contribution in [0.4, 0.5) is 13.2 Å². The van der Waals surface area contributed by atoms with E-state index in [1.54, 1.807) is 6.92 Å². The van der Waals surface area contributed by atoms with Crippen LogP contribution >= 0.6 is 11.6 Å². The molecule has 2 heterocycles. The molecule has 118 valence electrons. The number of alkyl halides is 3. The van der Waals surface area contributed by atoms with Gasteiger partial charge >= 0.3 is 6.18 Å². The molecule has 4 nitrogen and oxygen atoms in total. The van der Waals surface area contributed by atoms with Gasteiger partial charge in [-0.3, -0.25) is 9.78 Å². The minimum absolute atomic E-state index is 0.208. The van der Waals surface area contributed by atoms with Gasteiger partial charge in [0.25, 0.3) is 5.56 Å². The molecule has 8 heteroatoms. The molecular formula is C14H12ClF3N2O2. The van der Waals surface area contributed by atoms with Gasteiger partial charge in [0.15, 0.2) is 0 Å². The molecule has 0 aliphatic heterocycles. The van der Waals surface area contributed by atoms with E-state index in [-0.39, 0.29) is 22.8 Å². The Bertz CT molecular complexity index is 757. The molecule has 0 saturated carbocycles. The molecule has 22 heavy (non-hydrogen) atoms. The Hall–Kier alpha value is -1.86. The Morgan fingerprint density at radius 2 is 2.09 bits per heavy atom. The van der Waals surface area contributed by atoms with E-state index in [1.165, 1.54) is 12.3 Å². The highest BCUT2D eigenvalue weighted by molar-refractivity contribution is 6.31. The SMILES string of the molecule is Cc1cc(Cl)c(CO)c(Cn2cccc(C(F)(F)F)c2=O)n1. The van der Waals surface area contributed by atoms with Crippen molar-refractivity contribution in [2.45, 2.75) is 26.3 Å². The number of aliphatic hydroxyl groups excluding tert-OH is 1. The van der Waals surface area contributed by atoms with Crippen LogP contribution in [-0.4, -0.2) is 14.7 Å². The second-order valence-corrected chi connectivity index (χ2v) is 5.09. The fourth-order valence-corrected chi connectivity index (χ4v) is 2.38. The normalized spacial score (nSPS) is 11.7. The maximum Gasteiger partial charge on any atom is 0.421 e. The van der Waals surface area contributed by atoms with Gasteiger partial charge in [-0.15, -0.1) is 0 Å². The van der Waals surface area contributed by atoms with Crippen molar-refractivity contribution in [3.8, 4) is 0 Å². The van der Waals surface area contributed by atoms with E-state index in [0.29, 0.717) is 5.69 Å². The molecule has 0 aliphatic rings. The van der Waals surface area contributed by atoms with Crippen LogP contribution in [0.15, 0.2) is 29.2 Å². The lowest BCUT2D eigenvalue weighted by molar-refractivity contribution is -0.138. The Balaban J connectivity index is 2.51. The molecule has 0 amide bonds. The van der Waals surface area contributed by atoms with Crippen molar-refractivity contribution >= 4 is 11.6 Å². The van der Waals surface area contributed by atoms with E-state index in [9.17, 15) is 23.1 Å². The quantitative estimate of drug-likeness (QED) is 0.940. The molecule has 0 unspecified atom stereocenters. The van der Waals surface area contributed by atoms with E-state index in [4.69, 9.17) is 11.6 Å². The van der Waals surface area contributed by atoms with Gasteiger partial charge < -0.3 is 9.67 Å². The fourth-order valence-electron chi connectivity index (χ4n) is 2.06. The predicted octanol–water partition coefficient (Wildman–Crippen LogP) is 2.76. The van der Waals surface area contributed by atoms with Crippen molar-refractivity contribution in [3.05, 3.63) is 62.3 Å². The van der Waals surface area contributed by atoms with E-state index in [1.807, 2.05) is 0 Å². The molecule has 0 radical (unpaired) electrons. The first-order chi connectivity index (χ1) is 10.2. The minimum atomic E-state index is -4.72. The van der Waals surface area contributed by atoms with Crippen LogP contribution in [0.1, 0.15) is 22.5 Å². The molecule has 0 aromatic carbocycles. The van der Waals surface area contributed by atoms with Crippen molar-refractivity contribution in [1.29, 1.82) is 0 Å². The van der Waals surface area contributed by atoms with Crippen molar-refractivity contribution in [1.82, 2.24) is 9.55 Å². The molecular weight excluding hydrogens is 321 g/mol. The van der Waals surface area contributed by atoms with Gasteiger partial charge in [-0.1, -0.05) is 11.6 Å². The standard InChI is InChI=1S/C14H12ClF3N2O2/c1-8-5-11(15)9(7-21)12(19-8)6-20-4-2-3-10(13(20)22)14(16,17)18/h2-5,21H,6-7H2,1H3. The molecule has 0 aliphatic carbocycles. The highest BCUT2D eigenvalue weighted by Gasteiger charge is 2.34. The highest BCUT2D eigenvalue weighted by Crippen LogP contribution is 2.26. The summed E-state index contributed by atoms with van der Waals surface area (Å²) in [5, 5.41) is 9.58. The van der Waals surface area contributed by atoms with Crippen LogP contribution in [0.2, 0.25) is 5.02 Å². The van der Waals surface area contributed by atoms with Crippen LogP contribution in [0.3, 0.4) is 0 Å². The van der Waals surface area contributed by atoms with Crippen LogP contribution < -0.4 is 5.56 Å². The zero-order chi connectivity index (χ0) is 16.5. The second kappa shape index (κ2) is 6.10. The number of hydrogen-bond donors (Lipinski definition) is 1. The molecule has 0 saturated heterocycles. The predicted molar refractivity (Wildman–Crippen MR) is 74.7 cm³/mol. The highest BCUT2D eigenvalue weighted by atomic mass is 35.5. The third-order valence-electron chi connectivity index (χ3n) is 3.09. The lowest BCUT2D eigenvalue weighted by Crippen LogP contribution is -2.28. The number of aromatic nitrogens is 2. The number of aliphatic hydroxyl groups is 1. The summed E-state index contributed by atoms with van der Waals surface area (Å²) in [6.07, 6.45) is -3.49. The first-order valence-electron chi connectivity index (χ1n) is 6.26. The topological polar surface area (TPSA) is 55.1 Å². The summed E-state index contributed by atoms with van der Waals surface area (Å²) < 4.78 is 39.1. The van der Waals surface area contributed by atoms with Gasteiger partial charge in [0.05, 0.1) is 18.8 Å². The number of hydrogen-bond acceptors (Lipinski definition) is 3. The number of halogens is 4. The summed E-state index contributed by atoms with van der Waals surface area (Å²) >= 11 is 5.98. The van der Waals surface area contributed by atoms with Crippen LogP contribution in [-0.2, 0) is 19.3 Å². The molecule has 0 fully saturated rings. The van der Waals surface area contributed by atoms with Crippen LogP contribution in [0, 0.1) is 6.92 Å². The first kappa shape index (κ1) is 16.5. The Morgan fingerprint density at radius 3 is 2.68 bits per heavy atom. The molecule has 2 aromatic rings. The van der Waals surface area contributed by atoms with Crippen molar-refractivity contribution in [2.75, 3.05) is 0 Å². The average molecular weight is 333 g/mol. The third-order valence-corrected chi connectivity index (χ3v) is 3.42. The number of nitrogens with zero attached hydrogens (tertiary/aromatic N) is 2. The minimum Gasteiger partial charge on any atom is -0.392 e. The summed E-state index contributed by atoms with van der Waals surface area (Å²) in [5.74, 6) is 0. The summed E-state index contributed by atoms with van der Waals surface area (Å²) in [4.78, 5) is 16.1. The zero-order valence-corrected chi connectivity index (χ0v) is 12.2. The number of pyridine rings is 2. The number of rotatable bonds is 3. The van der Waals surface area contributed by atoms with Gasteiger partial charge in [0.2, 0.25) is 0 Å². The van der Waals surface area contributed by atoms with Gasteiger partial charge in [0, 0.05) is 22.5 Å². The molecule has 2 aromatic heterocycles. The number of aryl methyl sites for hydroxylation is 1. The summed E-state index contributed by atoms with van der Waals surface area (Å²) in [6.45, 7) is 1.03. The Morgan fingerprint density at radius 1 is 1.41 bits per heavy atom. The van der Waals surface area contributed by atoms with Crippen LogP contribution in [0.25, 0.3) is 0 Å². The maximum absolute atomic E-state index is 12.8. The second-order valence-electron chi connectivity index (χ2n) is 4.68. The smallest absolute Gasteiger partial charge is 0.392 e. The molecule has 1 N–H and O–H groups in total. The molecule has 0 bridgehead atoms. The van der Waals surface area contributed by atoms with Gasteiger partial charge in [-0.05, 0) is 25.1 Å². The van der Waals surface area contributed by atoms with E-state index in [2.05, 4.69) is 4.98 Å². The van der Waals surface area contributed by atoms with E-state index >= 15 is 0 Å². The fraction of sp³-hybridized carbons (Fsp3) is 0.286. The zero-order valence-electron chi connectivity index (χ0n) is 11.5. The van der Waals surface area contributed by atoms with Crippen molar-refractivity contribution in [2.24, 2.45) is 0 Å². The monoisotopic (exact) mass is 332 g/mol. The largest absolute Gasteiger partial charge is 0.421 e. The Labute approximate surface area is 128 Å².